The Balaban J connectivity index is 1.52. The Kier molecular flexibility index (Phi) is 6.68. The molecule has 4 rings (SSSR count). The standard InChI is InChI=1S/C23H25N3O5S2/c1-15-6-9-17(10-7-15)33(28,29)26-12-4-5-20(26)22(27)25-23-24-19(14-32-23)18-11-8-16(30-2)13-21(18)31-3/h6-11,13-14,20H,4-5,12H2,1-3H3,(H,24,25,27). The molecule has 1 aliphatic rings. The Morgan fingerprint density at radius 2 is 1.91 bits per heavy atom. The fraction of sp³-hybridized carbons (Fsp3) is 0.304. The van der Waals surface area contributed by atoms with Crippen LogP contribution in [0.25, 0.3) is 11.3 Å². The monoisotopic (exact) mass is 487 g/mol. The van der Waals surface area contributed by atoms with Gasteiger partial charge in [-0.05, 0) is 44.0 Å². The minimum atomic E-state index is -3.77. The van der Waals surface area contributed by atoms with Gasteiger partial charge in [-0.25, -0.2) is 13.4 Å². The van der Waals surface area contributed by atoms with Gasteiger partial charge in [-0.1, -0.05) is 17.7 Å². The molecule has 2 aromatic carbocycles. The highest BCUT2D eigenvalue weighted by atomic mass is 32.2. The maximum absolute atomic E-state index is 13.1. The highest BCUT2D eigenvalue weighted by molar-refractivity contribution is 7.89. The molecular weight excluding hydrogens is 462 g/mol. The SMILES string of the molecule is COc1ccc(-c2csc(NC(=O)C3CCCN3S(=O)(=O)c3ccc(C)cc3)n2)c(OC)c1. The summed E-state index contributed by atoms with van der Waals surface area (Å²) in [7, 11) is -0.623. The number of carbonyl (C=O) groups excluding carboxylic acids is 1. The third kappa shape index (κ3) is 4.73. The van der Waals surface area contributed by atoms with E-state index >= 15 is 0 Å². The van der Waals surface area contributed by atoms with Gasteiger partial charge in [0.15, 0.2) is 5.13 Å². The van der Waals surface area contributed by atoms with Crippen molar-refractivity contribution in [3.8, 4) is 22.8 Å². The number of benzene rings is 2. The predicted molar refractivity (Wildman–Crippen MR) is 127 cm³/mol. The number of carbonyl (C=O) groups is 1. The van der Waals surface area contributed by atoms with Crippen LogP contribution in [0.15, 0.2) is 52.7 Å². The summed E-state index contributed by atoms with van der Waals surface area (Å²) in [5.41, 5.74) is 2.38. The predicted octanol–water partition coefficient (Wildman–Crippen LogP) is 3.93. The highest BCUT2D eigenvalue weighted by Crippen LogP contribution is 2.35. The van der Waals surface area contributed by atoms with Crippen LogP contribution < -0.4 is 14.8 Å². The summed E-state index contributed by atoms with van der Waals surface area (Å²) in [6, 6.07) is 11.3. The third-order valence-corrected chi connectivity index (χ3v) is 8.23. The summed E-state index contributed by atoms with van der Waals surface area (Å²) >= 11 is 1.27. The fourth-order valence-corrected chi connectivity index (χ4v) is 6.16. The van der Waals surface area contributed by atoms with Crippen molar-refractivity contribution in [2.24, 2.45) is 0 Å². The molecule has 1 N–H and O–H groups in total. The normalized spacial score (nSPS) is 16.5. The van der Waals surface area contributed by atoms with Crippen molar-refractivity contribution in [2.75, 3.05) is 26.1 Å². The molecular formula is C23H25N3O5S2. The lowest BCUT2D eigenvalue weighted by Gasteiger charge is -2.23. The number of ether oxygens (including phenoxy) is 2. The molecule has 1 amide bonds. The van der Waals surface area contributed by atoms with Gasteiger partial charge in [-0.3, -0.25) is 4.79 Å². The van der Waals surface area contributed by atoms with Crippen LogP contribution in [0.1, 0.15) is 18.4 Å². The van der Waals surface area contributed by atoms with E-state index in [0.717, 1.165) is 11.1 Å². The number of thiazole rings is 1. The van der Waals surface area contributed by atoms with E-state index < -0.39 is 16.1 Å². The van der Waals surface area contributed by atoms with E-state index in [1.807, 2.05) is 24.4 Å². The Morgan fingerprint density at radius 1 is 1.15 bits per heavy atom. The average Bonchev–Trinajstić information content (AvgIpc) is 3.49. The van der Waals surface area contributed by atoms with Gasteiger partial charge in [0, 0.05) is 23.6 Å². The van der Waals surface area contributed by atoms with Crippen molar-refractivity contribution < 1.29 is 22.7 Å². The van der Waals surface area contributed by atoms with Crippen molar-refractivity contribution in [1.29, 1.82) is 0 Å². The van der Waals surface area contributed by atoms with Crippen molar-refractivity contribution in [2.45, 2.75) is 30.7 Å². The molecule has 1 aromatic heterocycles. The molecule has 174 valence electrons. The number of anilines is 1. The Bertz CT molecular complexity index is 1260. The van der Waals surface area contributed by atoms with Gasteiger partial charge in [0.25, 0.3) is 0 Å². The molecule has 1 fully saturated rings. The number of aromatic nitrogens is 1. The first kappa shape index (κ1) is 23.2. The highest BCUT2D eigenvalue weighted by Gasteiger charge is 2.39. The number of nitrogens with one attached hydrogen (secondary N) is 1. The number of amides is 1. The van der Waals surface area contributed by atoms with Crippen LogP contribution in [0.4, 0.5) is 5.13 Å². The van der Waals surface area contributed by atoms with Crippen LogP contribution in [0, 0.1) is 6.92 Å². The van der Waals surface area contributed by atoms with Crippen LogP contribution in [0.5, 0.6) is 11.5 Å². The van der Waals surface area contributed by atoms with Crippen molar-refractivity contribution in [3.63, 3.8) is 0 Å². The number of hydrogen-bond donors (Lipinski definition) is 1. The van der Waals surface area contributed by atoms with E-state index in [4.69, 9.17) is 9.47 Å². The number of nitrogens with zero attached hydrogens (tertiary/aromatic N) is 2. The minimum Gasteiger partial charge on any atom is -0.497 e. The summed E-state index contributed by atoms with van der Waals surface area (Å²) in [6.45, 7) is 2.20. The van der Waals surface area contributed by atoms with E-state index in [0.29, 0.717) is 41.7 Å². The van der Waals surface area contributed by atoms with Gasteiger partial charge in [0.2, 0.25) is 15.9 Å². The quantitative estimate of drug-likeness (QED) is 0.542. The van der Waals surface area contributed by atoms with Crippen LogP contribution >= 0.6 is 11.3 Å². The summed E-state index contributed by atoms with van der Waals surface area (Å²) in [5, 5.41) is 5.00. The molecule has 10 heteroatoms. The van der Waals surface area contributed by atoms with E-state index in [2.05, 4.69) is 10.3 Å². The molecule has 1 atom stereocenters. The molecule has 0 bridgehead atoms. The van der Waals surface area contributed by atoms with E-state index in [1.165, 1.54) is 15.6 Å². The second kappa shape index (κ2) is 9.50. The second-order valence-electron chi connectivity index (χ2n) is 7.68. The largest absolute Gasteiger partial charge is 0.497 e. The lowest BCUT2D eigenvalue weighted by Crippen LogP contribution is -2.43. The molecule has 0 spiro atoms. The molecule has 8 nitrogen and oxygen atoms in total. The zero-order valence-electron chi connectivity index (χ0n) is 18.6. The number of hydrogen-bond acceptors (Lipinski definition) is 7. The molecule has 1 unspecified atom stereocenters. The van der Waals surface area contributed by atoms with Gasteiger partial charge in [0.05, 0.1) is 24.8 Å². The molecule has 0 radical (unpaired) electrons. The molecule has 1 aliphatic heterocycles. The zero-order valence-corrected chi connectivity index (χ0v) is 20.2. The molecule has 0 aliphatic carbocycles. The molecule has 1 saturated heterocycles. The van der Waals surface area contributed by atoms with Crippen LogP contribution in [0.2, 0.25) is 0 Å². The first-order valence-corrected chi connectivity index (χ1v) is 12.7. The summed E-state index contributed by atoms with van der Waals surface area (Å²) < 4.78 is 38.2. The third-order valence-electron chi connectivity index (χ3n) is 5.55. The first-order valence-electron chi connectivity index (χ1n) is 10.4. The van der Waals surface area contributed by atoms with Crippen LogP contribution in [-0.2, 0) is 14.8 Å². The zero-order chi connectivity index (χ0) is 23.6. The maximum Gasteiger partial charge on any atom is 0.244 e. The van der Waals surface area contributed by atoms with Crippen molar-refractivity contribution in [3.05, 3.63) is 53.4 Å². The summed E-state index contributed by atoms with van der Waals surface area (Å²) in [5.74, 6) is 0.880. The summed E-state index contributed by atoms with van der Waals surface area (Å²) in [6.07, 6.45) is 1.08. The lowest BCUT2D eigenvalue weighted by atomic mass is 10.1. The van der Waals surface area contributed by atoms with Crippen LogP contribution in [0.3, 0.4) is 0 Å². The Labute approximate surface area is 197 Å². The van der Waals surface area contributed by atoms with E-state index in [1.54, 1.807) is 44.6 Å². The van der Waals surface area contributed by atoms with Gasteiger partial charge in [0.1, 0.15) is 17.5 Å². The Morgan fingerprint density at radius 3 is 2.61 bits per heavy atom. The van der Waals surface area contributed by atoms with Gasteiger partial charge in [-0.15, -0.1) is 11.3 Å². The maximum atomic E-state index is 13.1. The van der Waals surface area contributed by atoms with E-state index in [9.17, 15) is 13.2 Å². The number of rotatable bonds is 7. The van der Waals surface area contributed by atoms with Gasteiger partial charge in [-0.2, -0.15) is 4.31 Å². The molecule has 3 aromatic rings. The van der Waals surface area contributed by atoms with Gasteiger partial charge >= 0.3 is 0 Å². The van der Waals surface area contributed by atoms with Gasteiger partial charge < -0.3 is 14.8 Å². The van der Waals surface area contributed by atoms with E-state index in [-0.39, 0.29) is 10.8 Å². The van der Waals surface area contributed by atoms with Crippen LogP contribution in [-0.4, -0.2) is 50.4 Å². The molecule has 2 heterocycles. The van der Waals surface area contributed by atoms with Crippen molar-refractivity contribution in [1.82, 2.24) is 9.29 Å². The molecule has 0 saturated carbocycles. The summed E-state index contributed by atoms with van der Waals surface area (Å²) in [4.78, 5) is 17.7. The smallest absolute Gasteiger partial charge is 0.244 e. The average molecular weight is 488 g/mol. The second-order valence-corrected chi connectivity index (χ2v) is 10.4. The fourth-order valence-electron chi connectivity index (χ4n) is 3.79. The first-order chi connectivity index (χ1) is 15.8. The lowest BCUT2D eigenvalue weighted by molar-refractivity contribution is -0.119. The topological polar surface area (TPSA) is 97.8 Å². The molecule has 33 heavy (non-hydrogen) atoms. The number of aryl methyl sites for hydroxylation is 1. The Hall–Kier alpha value is -2.95. The van der Waals surface area contributed by atoms with Crippen molar-refractivity contribution >= 4 is 32.4 Å². The number of sulfonamides is 1. The number of methoxy groups -OCH3 is 2. The minimum absolute atomic E-state index is 0.191.